The second kappa shape index (κ2) is 5.45. The molecule has 0 aliphatic carbocycles. The summed E-state index contributed by atoms with van der Waals surface area (Å²) in [6.45, 7) is 4.96. The number of carbonyl (C=O) groups excluding carboxylic acids is 3. The van der Waals surface area contributed by atoms with Crippen molar-refractivity contribution in [3.63, 3.8) is 0 Å². The number of ketones is 1. The van der Waals surface area contributed by atoms with E-state index in [1.165, 1.54) is 6.92 Å². The summed E-state index contributed by atoms with van der Waals surface area (Å²) in [5, 5.41) is 0. The van der Waals surface area contributed by atoms with Crippen molar-refractivity contribution < 1.29 is 19.1 Å². The fraction of sp³-hybridized carbons (Fsp3) is 0.667. The molecule has 0 rings (SSSR count). The first-order chi connectivity index (χ1) is 5.91. The number of esters is 2. The van der Waals surface area contributed by atoms with Gasteiger partial charge in [-0.2, -0.15) is 0 Å². The van der Waals surface area contributed by atoms with Crippen LogP contribution in [-0.4, -0.2) is 17.7 Å². The molecule has 0 aromatic rings. The SMILES string of the molecule is CC(=O)CC(=O)OC(=O)CC(C)C. The maximum Gasteiger partial charge on any atom is 0.320 e. The fourth-order valence-corrected chi connectivity index (χ4v) is 0.741. The van der Waals surface area contributed by atoms with Crippen LogP contribution in [0.1, 0.15) is 33.6 Å². The molecule has 0 fully saturated rings. The predicted octanol–water partition coefficient (Wildman–Crippen LogP) is 1.08. The Hall–Kier alpha value is -1.19. The van der Waals surface area contributed by atoms with E-state index in [2.05, 4.69) is 4.74 Å². The van der Waals surface area contributed by atoms with Gasteiger partial charge < -0.3 is 4.74 Å². The van der Waals surface area contributed by atoms with E-state index in [0.29, 0.717) is 0 Å². The number of rotatable bonds is 4. The topological polar surface area (TPSA) is 60.4 Å². The van der Waals surface area contributed by atoms with Gasteiger partial charge in [-0.05, 0) is 12.8 Å². The molecule has 0 atom stereocenters. The van der Waals surface area contributed by atoms with Gasteiger partial charge in [-0.3, -0.25) is 14.4 Å². The van der Waals surface area contributed by atoms with Gasteiger partial charge in [0.1, 0.15) is 12.2 Å². The highest BCUT2D eigenvalue weighted by molar-refractivity contribution is 5.98. The quantitative estimate of drug-likeness (QED) is 0.487. The van der Waals surface area contributed by atoms with Crippen LogP contribution in [0.5, 0.6) is 0 Å². The van der Waals surface area contributed by atoms with E-state index < -0.39 is 11.9 Å². The minimum absolute atomic E-state index is 0.151. The van der Waals surface area contributed by atoms with Crippen LogP contribution in [0, 0.1) is 5.92 Å². The van der Waals surface area contributed by atoms with Crippen molar-refractivity contribution in [3.05, 3.63) is 0 Å². The first-order valence-corrected chi connectivity index (χ1v) is 4.14. The molecule has 0 saturated carbocycles. The number of Topliss-reactive ketones (excluding diaryl/α,β-unsaturated/α-hetero) is 1. The van der Waals surface area contributed by atoms with Gasteiger partial charge in [0.2, 0.25) is 0 Å². The molecule has 0 aliphatic rings. The molecule has 74 valence electrons. The summed E-state index contributed by atoms with van der Waals surface area (Å²) in [7, 11) is 0. The smallest absolute Gasteiger partial charge is 0.320 e. The lowest BCUT2D eigenvalue weighted by atomic mass is 10.1. The summed E-state index contributed by atoms with van der Waals surface area (Å²) in [5.74, 6) is -1.49. The summed E-state index contributed by atoms with van der Waals surface area (Å²) in [6.07, 6.45) is -0.131. The Morgan fingerprint density at radius 3 is 2.08 bits per heavy atom. The molecule has 0 bridgehead atoms. The lowest BCUT2D eigenvalue weighted by molar-refractivity contribution is -0.160. The van der Waals surface area contributed by atoms with Gasteiger partial charge in [0.15, 0.2) is 0 Å². The van der Waals surface area contributed by atoms with Crippen LogP contribution < -0.4 is 0 Å². The molecule has 4 heteroatoms. The minimum atomic E-state index is -0.766. The Bertz CT molecular complexity index is 218. The van der Waals surface area contributed by atoms with E-state index in [4.69, 9.17) is 0 Å². The standard InChI is InChI=1S/C9H14O4/c1-6(2)4-8(11)13-9(12)5-7(3)10/h6H,4-5H2,1-3H3. The van der Waals surface area contributed by atoms with E-state index in [1.807, 2.05) is 13.8 Å². The molecular formula is C9H14O4. The summed E-state index contributed by atoms with van der Waals surface area (Å²) in [4.78, 5) is 32.1. The molecule has 13 heavy (non-hydrogen) atoms. The van der Waals surface area contributed by atoms with E-state index in [1.54, 1.807) is 0 Å². The first-order valence-electron chi connectivity index (χ1n) is 4.14. The highest BCUT2D eigenvalue weighted by Crippen LogP contribution is 2.01. The Labute approximate surface area is 77.3 Å². The molecular weight excluding hydrogens is 172 g/mol. The molecule has 4 nitrogen and oxygen atoms in total. The van der Waals surface area contributed by atoms with Crippen molar-refractivity contribution in [1.29, 1.82) is 0 Å². The lowest BCUT2D eigenvalue weighted by Gasteiger charge is -2.03. The molecule has 0 unspecified atom stereocenters. The van der Waals surface area contributed by atoms with Crippen molar-refractivity contribution in [2.24, 2.45) is 5.92 Å². The van der Waals surface area contributed by atoms with Crippen LogP contribution in [0.15, 0.2) is 0 Å². The van der Waals surface area contributed by atoms with Crippen molar-refractivity contribution >= 4 is 17.7 Å². The Morgan fingerprint density at radius 2 is 1.69 bits per heavy atom. The molecule has 0 aromatic heterocycles. The second-order valence-electron chi connectivity index (χ2n) is 3.32. The molecule has 0 amide bonds. The van der Waals surface area contributed by atoms with E-state index in [0.717, 1.165) is 0 Å². The zero-order chi connectivity index (χ0) is 10.4. The summed E-state index contributed by atoms with van der Waals surface area (Å²) in [5.41, 5.74) is 0. The van der Waals surface area contributed by atoms with Crippen LogP contribution in [0.2, 0.25) is 0 Å². The molecule has 0 aliphatic heterocycles. The summed E-state index contributed by atoms with van der Waals surface area (Å²) < 4.78 is 4.37. The third-order valence-electron chi connectivity index (χ3n) is 1.20. The molecule has 0 N–H and O–H groups in total. The van der Waals surface area contributed by atoms with Gasteiger partial charge >= 0.3 is 11.9 Å². The fourth-order valence-electron chi connectivity index (χ4n) is 0.741. The summed E-state index contributed by atoms with van der Waals surface area (Å²) in [6, 6.07) is 0. The lowest BCUT2D eigenvalue weighted by Crippen LogP contribution is -2.15. The number of ether oxygens (including phenoxy) is 1. The molecule has 0 heterocycles. The maximum absolute atomic E-state index is 10.9. The summed E-state index contributed by atoms with van der Waals surface area (Å²) >= 11 is 0. The van der Waals surface area contributed by atoms with Gasteiger partial charge in [0.05, 0.1) is 0 Å². The zero-order valence-corrected chi connectivity index (χ0v) is 8.12. The monoisotopic (exact) mass is 186 g/mol. The van der Waals surface area contributed by atoms with Crippen LogP contribution in [0.4, 0.5) is 0 Å². The second-order valence-corrected chi connectivity index (χ2v) is 3.32. The molecule has 0 saturated heterocycles. The number of carbonyl (C=O) groups is 3. The van der Waals surface area contributed by atoms with Gasteiger partial charge in [-0.15, -0.1) is 0 Å². The van der Waals surface area contributed by atoms with Gasteiger partial charge in [0.25, 0.3) is 0 Å². The van der Waals surface area contributed by atoms with Crippen molar-refractivity contribution in [1.82, 2.24) is 0 Å². The number of hydrogen-bond donors (Lipinski definition) is 0. The van der Waals surface area contributed by atoms with E-state index in [-0.39, 0.29) is 24.5 Å². The van der Waals surface area contributed by atoms with E-state index >= 15 is 0 Å². The maximum atomic E-state index is 10.9. The number of hydrogen-bond acceptors (Lipinski definition) is 4. The first kappa shape index (κ1) is 11.8. The Balaban J connectivity index is 3.79. The average Bonchev–Trinajstić information content (AvgIpc) is 1.80. The van der Waals surface area contributed by atoms with Gasteiger partial charge in [-0.25, -0.2) is 0 Å². The van der Waals surface area contributed by atoms with Crippen LogP contribution >= 0.6 is 0 Å². The molecule has 0 aromatic carbocycles. The van der Waals surface area contributed by atoms with Gasteiger partial charge in [0, 0.05) is 6.42 Å². The highest BCUT2D eigenvalue weighted by atomic mass is 16.6. The van der Waals surface area contributed by atoms with Crippen LogP contribution in [0.3, 0.4) is 0 Å². The predicted molar refractivity (Wildman–Crippen MR) is 45.9 cm³/mol. The normalized spacial score (nSPS) is 9.85. The van der Waals surface area contributed by atoms with E-state index in [9.17, 15) is 14.4 Å². The largest absolute Gasteiger partial charge is 0.393 e. The average molecular weight is 186 g/mol. The molecule has 0 radical (unpaired) electrons. The Kier molecular flexibility index (Phi) is 4.96. The highest BCUT2D eigenvalue weighted by Gasteiger charge is 2.13. The van der Waals surface area contributed by atoms with Crippen molar-refractivity contribution in [2.45, 2.75) is 33.6 Å². The third-order valence-corrected chi connectivity index (χ3v) is 1.20. The third kappa shape index (κ3) is 7.18. The minimum Gasteiger partial charge on any atom is -0.393 e. The van der Waals surface area contributed by atoms with Crippen LogP contribution in [0.25, 0.3) is 0 Å². The van der Waals surface area contributed by atoms with Crippen molar-refractivity contribution in [2.75, 3.05) is 0 Å². The zero-order valence-electron chi connectivity index (χ0n) is 8.12. The Morgan fingerprint density at radius 1 is 1.15 bits per heavy atom. The van der Waals surface area contributed by atoms with Gasteiger partial charge in [-0.1, -0.05) is 13.8 Å². The molecule has 0 spiro atoms. The van der Waals surface area contributed by atoms with Crippen LogP contribution in [-0.2, 0) is 19.1 Å². The van der Waals surface area contributed by atoms with Crippen molar-refractivity contribution in [3.8, 4) is 0 Å².